The van der Waals surface area contributed by atoms with Gasteiger partial charge in [0, 0.05) is 24.2 Å². The van der Waals surface area contributed by atoms with Gasteiger partial charge in [-0.1, -0.05) is 38.1 Å². The molecule has 0 aromatic heterocycles. The lowest BCUT2D eigenvalue weighted by Crippen LogP contribution is -2.27. The van der Waals surface area contributed by atoms with E-state index in [4.69, 9.17) is 0 Å². The van der Waals surface area contributed by atoms with E-state index in [0.29, 0.717) is 30.6 Å². The lowest BCUT2D eigenvalue weighted by molar-refractivity contribution is 0.0325. The molecule has 0 saturated carbocycles. The number of aromatic hydroxyl groups is 1. The van der Waals surface area contributed by atoms with E-state index in [1.165, 1.54) is 17.2 Å². The lowest BCUT2D eigenvalue weighted by atomic mass is 9.86. The summed E-state index contributed by atoms with van der Waals surface area (Å²) in [5, 5.41) is 21.0. The number of hydrogen-bond acceptors (Lipinski definition) is 3. The molecule has 1 atom stereocenters. The van der Waals surface area contributed by atoms with Crippen molar-refractivity contribution in [2.24, 2.45) is 5.92 Å². The highest BCUT2D eigenvalue weighted by Gasteiger charge is 2.30. The molecule has 0 fully saturated rings. The SMILES string of the molecule is CC(C)CC(C)(O)c1cc(C(=O)N2Cc3ccccc3C2)ccc1O. The number of benzene rings is 2. The molecule has 0 radical (unpaired) electrons. The van der Waals surface area contributed by atoms with Gasteiger partial charge in [-0.2, -0.15) is 0 Å². The van der Waals surface area contributed by atoms with E-state index in [9.17, 15) is 15.0 Å². The third-order valence-corrected chi connectivity index (χ3v) is 4.76. The Morgan fingerprint density at radius 1 is 1.16 bits per heavy atom. The van der Waals surface area contributed by atoms with Crippen LogP contribution in [0.1, 0.15) is 54.2 Å². The summed E-state index contributed by atoms with van der Waals surface area (Å²) < 4.78 is 0. The van der Waals surface area contributed by atoms with Gasteiger partial charge in [-0.3, -0.25) is 4.79 Å². The average Bonchev–Trinajstić information content (AvgIpc) is 2.97. The van der Waals surface area contributed by atoms with E-state index in [0.717, 1.165) is 0 Å². The van der Waals surface area contributed by atoms with Crippen LogP contribution in [0.15, 0.2) is 42.5 Å². The van der Waals surface area contributed by atoms with Crippen molar-refractivity contribution in [1.29, 1.82) is 0 Å². The zero-order valence-corrected chi connectivity index (χ0v) is 15.0. The smallest absolute Gasteiger partial charge is 0.254 e. The van der Waals surface area contributed by atoms with Crippen molar-refractivity contribution in [2.45, 2.75) is 45.9 Å². The summed E-state index contributed by atoms with van der Waals surface area (Å²) in [6.45, 7) is 6.90. The van der Waals surface area contributed by atoms with Gasteiger partial charge in [0.05, 0.1) is 5.60 Å². The molecule has 0 spiro atoms. The topological polar surface area (TPSA) is 60.8 Å². The molecule has 3 rings (SSSR count). The number of rotatable bonds is 4. The average molecular weight is 339 g/mol. The lowest BCUT2D eigenvalue weighted by Gasteiger charge is -2.27. The van der Waals surface area contributed by atoms with Crippen LogP contribution in [-0.4, -0.2) is 21.0 Å². The van der Waals surface area contributed by atoms with Gasteiger partial charge >= 0.3 is 0 Å². The molecule has 1 heterocycles. The fraction of sp³-hybridized carbons (Fsp3) is 0.381. The van der Waals surface area contributed by atoms with Crippen molar-refractivity contribution >= 4 is 5.91 Å². The van der Waals surface area contributed by atoms with Crippen LogP contribution in [-0.2, 0) is 18.7 Å². The van der Waals surface area contributed by atoms with Crippen LogP contribution in [0.25, 0.3) is 0 Å². The number of aliphatic hydroxyl groups is 1. The van der Waals surface area contributed by atoms with Crippen LogP contribution in [0, 0.1) is 5.92 Å². The first-order valence-corrected chi connectivity index (χ1v) is 8.70. The van der Waals surface area contributed by atoms with Gasteiger partial charge in [0.15, 0.2) is 0 Å². The first kappa shape index (κ1) is 17.5. The molecular weight excluding hydrogens is 314 g/mol. The Morgan fingerprint density at radius 2 is 1.76 bits per heavy atom. The highest BCUT2D eigenvalue weighted by molar-refractivity contribution is 5.95. The Bertz CT molecular complexity index is 770. The van der Waals surface area contributed by atoms with Crippen LogP contribution in [0.3, 0.4) is 0 Å². The summed E-state index contributed by atoms with van der Waals surface area (Å²) >= 11 is 0. The van der Waals surface area contributed by atoms with Crippen molar-refractivity contribution < 1.29 is 15.0 Å². The Kier molecular flexibility index (Phi) is 4.56. The van der Waals surface area contributed by atoms with Crippen LogP contribution in [0.2, 0.25) is 0 Å². The van der Waals surface area contributed by atoms with Gasteiger partial charge in [-0.05, 0) is 48.6 Å². The van der Waals surface area contributed by atoms with E-state index in [1.54, 1.807) is 24.0 Å². The van der Waals surface area contributed by atoms with Crippen molar-refractivity contribution in [3.8, 4) is 5.75 Å². The Balaban J connectivity index is 1.86. The summed E-state index contributed by atoms with van der Waals surface area (Å²) in [6.07, 6.45) is 0.507. The van der Waals surface area contributed by atoms with E-state index in [1.807, 2.05) is 38.1 Å². The van der Waals surface area contributed by atoms with E-state index in [-0.39, 0.29) is 17.6 Å². The predicted molar refractivity (Wildman–Crippen MR) is 97.2 cm³/mol. The molecule has 0 saturated heterocycles. The molecule has 0 bridgehead atoms. The van der Waals surface area contributed by atoms with Crippen LogP contribution < -0.4 is 0 Å². The second-order valence-electron chi connectivity index (χ2n) is 7.53. The molecule has 1 amide bonds. The van der Waals surface area contributed by atoms with Gasteiger partial charge in [0.25, 0.3) is 5.91 Å². The Hall–Kier alpha value is -2.33. The predicted octanol–water partition coefficient (Wildman–Crippen LogP) is 3.80. The summed E-state index contributed by atoms with van der Waals surface area (Å²) in [5.74, 6) is 0.201. The molecule has 25 heavy (non-hydrogen) atoms. The minimum Gasteiger partial charge on any atom is -0.508 e. The van der Waals surface area contributed by atoms with E-state index in [2.05, 4.69) is 0 Å². The molecule has 132 valence electrons. The third kappa shape index (κ3) is 3.54. The second-order valence-corrected chi connectivity index (χ2v) is 7.53. The van der Waals surface area contributed by atoms with Gasteiger partial charge in [0.1, 0.15) is 5.75 Å². The third-order valence-electron chi connectivity index (χ3n) is 4.76. The van der Waals surface area contributed by atoms with Gasteiger partial charge < -0.3 is 15.1 Å². The maximum Gasteiger partial charge on any atom is 0.254 e. The molecule has 1 aliphatic heterocycles. The molecule has 4 heteroatoms. The highest BCUT2D eigenvalue weighted by atomic mass is 16.3. The minimum atomic E-state index is -1.18. The molecule has 2 N–H and O–H groups in total. The first-order valence-electron chi connectivity index (χ1n) is 8.70. The second kappa shape index (κ2) is 6.52. The molecule has 1 aliphatic rings. The number of amides is 1. The van der Waals surface area contributed by atoms with Crippen molar-refractivity contribution in [1.82, 2.24) is 4.90 Å². The summed E-state index contributed by atoms with van der Waals surface area (Å²) in [6, 6.07) is 12.8. The van der Waals surface area contributed by atoms with Crippen LogP contribution >= 0.6 is 0 Å². The molecule has 2 aromatic rings. The van der Waals surface area contributed by atoms with E-state index >= 15 is 0 Å². The monoisotopic (exact) mass is 339 g/mol. The molecular formula is C21H25NO3. The highest BCUT2D eigenvalue weighted by Crippen LogP contribution is 2.35. The number of carbonyl (C=O) groups is 1. The standard InChI is InChI=1S/C21H25NO3/c1-14(2)11-21(3,25)18-10-15(8-9-19(18)23)20(24)22-12-16-6-4-5-7-17(16)13-22/h4-10,14,23,25H,11-13H2,1-3H3. The number of phenolic OH excluding ortho intramolecular Hbond substituents is 1. The molecule has 1 unspecified atom stereocenters. The van der Waals surface area contributed by atoms with Crippen LogP contribution in [0.4, 0.5) is 0 Å². The van der Waals surface area contributed by atoms with Gasteiger partial charge in [-0.25, -0.2) is 0 Å². The maximum atomic E-state index is 12.9. The largest absolute Gasteiger partial charge is 0.508 e. The summed E-state index contributed by atoms with van der Waals surface area (Å²) in [7, 11) is 0. The Morgan fingerprint density at radius 3 is 2.32 bits per heavy atom. The van der Waals surface area contributed by atoms with Gasteiger partial charge in [0.2, 0.25) is 0 Å². The fourth-order valence-electron chi connectivity index (χ4n) is 3.66. The van der Waals surface area contributed by atoms with Crippen molar-refractivity contribution in [2.75, 3.05) is 0 Å². The minimum absolute atomic E-state index is 0.0203. The first-order chi connectivity index (χ1) is 11.8. The van der Waals surface area contributed by atoms with E-state index < -0.39 is 5.60 Å². The zero-order chi connectivity index (χ0) is 18.2. The van der Waals surface area contributed by atoms with Gasteiger partial charge in [-0.15, -0.1) is 0 Å². The van der Waals surface area contributed by atoms with Crippen LogP contribution in [0.5, 0.6) is 5.75 Å². The zero-order valence-electron chi connectivity index (χ0n) is 15.0. The molecule has 0 aliphatic carbocycles. The van der Waals surface area contributed by atoms with Crippen molar-refractivity contribution in [3.05, 3.63) is 64.7 Å². The fourth-order valence-corrected chi connectivity index (χ4v) is 3.66. The maximum absolute atomic E-state index is 12.9. The number of nitrogens with zero attached hydrogens (tertiary/aromatic N) is 1. The normalized spacial score (nSPS) is 16.0. The summed E-state index contributed by atoms with van der Waals surface area (Å²) in [5.41, 5.74) is 2.06. The number of phenols is 1. The number of carbonyl (C=O) groups excluding carboxylic acids is 1. The molecule has 2 aromatic carbocycles. The molecule has 4 nitrogen and oxygen atoms in total. The number of hydrogen-bond donors (Lipinski definition) is 2. The Labute approximate surface area is 148 Å². The number of fused-ring (bicyclic) bond motifs is 1. The van der Waals surface area contributed by atoms with Crippen molar-refractivity contribution in [3.63, 3.8) is 0 Å². The summed E-state index contributed by atoms with van der Waals surface area (Å²) in [4.78, 5) is 14.7. The quantitative estimate of drug-likeness (QED) is 0.890.